The molecule has 0 amide bonds. The fourth-order valence-electron chi connectivity index (χ4n) is 4.00. The van der Waals surface area contributed by atoms with Gasteiger partial charge in [0, 0.05) is 48.8 Å². The van der Waals surface area contributed by atoms with Crippen molar-refractivity contribution in [2.45, 2.75) is 43.3 Å². The Morgan fingerprint density at radius 1 is 1.12 bits per heavy atom. The number of hydrogen-bond donors (Lipinski definition) is 0. The van der Waals surface area contributed by atoms with Crippen LogP contribution in [-0.2, 0) is 6.54 Å². The van der Waals surface area contributed by atoms with Gasteiger partial charge in [-0.25, -0.2) is 9.97 Å². The summed E-state index contributed by atoms with van der Waals surface area (Å²) >= 11 is 1.80. The Bertz CT molecular complexity index is 672. The molecule has 1 unspecified atom stereocenters. The second-order valence-corrected chi connectivity index (χ2v) is 8.43. The van der Waals surface area contributed by atoms with Gasteiger partial charge in [-0.3, -0.25) is 4.90 Å². The van der Waals surface area contributed by atoms with Gasteiger partial charge in [0.25, 0.3) is 0 Å². The van der Waals surface area contributed by atoms with Gasteiger partial charge in [-0.1, -0.05) is 11.8 Å². The van der Waals surface area contributed by atoms with Crippen LogP contribution in [0.5, 0.6) is 0 Å². The second-order valence-electron chi connectivity index (χ2n) is 7.37. The van der Waals surface area contributed by atoms with Gasteiger partial charge in [0.2, 0.25) is 0 Å². The van der Waals surface area contributed by atoms with Crippen molar-refractivity contribution in [3.63, 3.8) is 0 Å². The van der Waals surface area contributed by atoms with E-state index in [1.807, 2.05) is 12.5 Å². The Labute approximate surface area is 160 Å². The second kappa shape index (κ2) is 9.02. The van der Waals surface area contributed by atoms with Crippen LogP contribution in [-0.4, -0.2) is 58.2 Å². The molecule has 2 saturated heterocycles. The third-order valence-corrected chi connectivity index (χ3v) is 6.24. The highest BCUT2D eigenvalue weighted by Gasteiger charge is 2.23. The molecular formula is C20H28N4OS. The smallest absolute Gasteiger partial charge is 0.187 e. The number of thioether (sulfide) groups is 1. The SMILES string of the molecule is c1cc(C2CCCN(Cc3ccoc3)C2)nc(SCCN2CCCC2)n1. The molecule has 0 aromatic carbocycles. The Morgan fingerprint density at radius 3 is 2.85 bits per heavy atom. The molecule has 26 heavy (non-hydrogen) atoms. The maximum Gasteiger partial charge on any atom is 0.187 e. The van der Waals surface area contributed by atoms with Crippen LogP contribution in [0, 0.1) is 0 Å². The fourth-order valence-corrected chi connectivity index (χ4v) is 4.84. The molecule has 0 N–H and O–H groups in total. The molecule has 1 atom stereocenters. The molecule has 2 aliphatic heterocycles. The van der Waals surface area contributed by atoms with Crippen molar-refractivity contribution in [1.29, 1.82) is 0 Å². The van der Waals surface area contributed by atoms with E-state index in [1.54, 1.807) is 18.0 Å². The number of hydrogen-bond acceptors (Lipinski definition) is 6. The number of piperidine rings is 1. The molecule has 140 valence electrons. The molecule has 2 aromatic rings. The average Bonchev–Trinajstić information content (AvgIpc) is 3.37. The normalized spacial score (nSPS) is 22.1. The van der Waals surface area contributed by atoms with Gasteiger partial charge in [-0.15, -0.1) is 0 Å². The zero-order valence-corrected chi connectivity index (χ0v) is 16.2. The summed E-state index contributed by atoms with van der Waals surface area (Å²) in [6, 6.07) is 4.17. The summed E-state index contributed by atoms with van der Waals surface area (Å²) in [6.07, 6.45) is 10.7. The minimum atomic E-state index is 0.511. The van der Waals surface area contributed by atoms with Crippen molar-refractivity contribution in [2.24, 2.45) is 0 Å². The van der Waals surface area contributed by atoms with Crippen LogP contribution in [0.25, 0.3) is 0 Å². The van der Waals surface area contributed by atoms with Crippen LogP contribution in [0.1, 0.15) is 42.9 Å². The van der Waals surface area contributed by atoms with E-state index in [-0.39, 0.29) is 0 Å². The van der Waals surface area contributed by atoms with Crippen LogP contribution in [0.4, 0.5) is 0 Å². The standard InChI is InChI=1S/C20H28N4OS/c1-2-9-23(8-1)11-13-26-20-21-7-5-19(22-20)18-4-3-10-24(15-18)14-17-6-12-25-16-17/h5-7,12,16,18H,1-4,8-11,13-15H2. The van der Waals surface area contributed by atoms with Crippen LogP contribution < -0.4 is 0 Å². The van der Waals surface area contributed by atoms with Gasteiger partial charge >= 0.3 is 0 Å². The summed E-state index contributed by atoms with van der Waals surface area (Å²) in [5.41, 5.74) is 2.46. The van der Waals surface area contributed by atoms with Crippen molar-refractivity contribution in [2.75, 3.05) is 38.5 Å². The van der Waals surface area contributed by atoms with E-state index in [0.29, 0.717) is 5.92 Å². The summed E-state index contributed by atoms with van der Waals surface area (Å²) < 4.78 is 5.20. The van der Waals surface area contributed by atoms with Crippen molar-refractivity contribution in [1.82, 2.24) is 19.8 Å². The van der Waals surface area contributed by atoms with E-state index in [9.17, 15) is 0 Å². The molecule has 0 radical (unpaired) electrons. The quantitative estimate of drug-likeness (QED) is 0.546. The third kappa shape index (κ3) is 4.87. The van der Waals surface area contributed by atoms with Gasteiger partial charge < -0.3 is 9.32 Å². The molecule has 6 heteroatoms. The molecule has 2 fully saturated rings. The Morgan fingerprint density at radius 2 is 2.00 bits per heavy atom. The molecule has 0 saturated carbocycles. The monoisotopic (exact) mass is 372 g/mol. The zero-order chi connectivity index (χ0) is 17.6. The van der Waals surface area contributed by atoms with E-state index in [0.717, 1.165) is 37.1 Å². The Balaban J connectivity index is 1.31. The van der Waals surface area contributed by atoms with Crippen molar-refractivity contribution < 1.29 is 4.42 Å². The number of rotatable bonds is 7. The number of aromatic nitrogens is 2. The maximum absolute atomic E-state index is 5.20. The molecule has 5 nitrogen and oxygen atoms in total. The molecule has 4 rings (SSSR count). The van der Waals surface area contributed by atoms with Gasteiger partial charge in [0.05, 0.1) is 12.5 Å². The predicted octanol–water partition coefficient (Wildman–Crippen LogP) is 3.64. The van der Waals surface area contributed by atoms with Gasteiger partial charge in [-0.05, 0) is 57.5 Å². The van der Waals surface area contributed by atoms with Gasteiger partial charge in [0.1, 0.15) is 0 Å². The first kappa shape index (κ1) is 18.0. The lowest BCUT2D eigenvalue weighted by atomic mass is 9.94. The largest absolute Gasteiger partial charge is 0.472 e. The van der Waals surface area contributed by atoms with E-state index < -0.39 is 0 Å². The molecular weight excluding hydrogens is 344 g/mol. The summed E-state index contributed by atoms with van der Waals surface area (Å²) in [7, 11) is 0. The molecule has 0 aliphatic carbocycles. The van der Waals surface area contributed by atoms with Crippen molar-refractivity contribution in [3.05, 3.63) is 42.1 Å². The van der Waals surface area contributed by atoms with E-state index in [1.165, 1.54) is 50.0 Å². The van der Waals surface area contributed by atoms with E-state index >= 15 is 0 Å². The number of nitrogens with zero attached hydrogens (tertiary/aromatic N) is 4. The summed E-state index contributed by atoms with van der Waals surface area (Å²) in [4.78, 5) is 14.4. The molecule has 2 aromatic heterocycles. The molecule has 0 bridgehead atoms. The fraction of sp³-hybridized carbons (Fsp3) is 0.600. The summed E-state index contributed by atoms with van der Waals surface area (Å²) in [6.45, 7) is 6.87. The lowest BCUT2D eigenvalue weighted by Gasteiger charge is -2.32. The first-order valence-electron chi connectivity index (χ1n) is 9.78. The highest BCUT2D eigenvalue weighted by atomic mass is 32.2. The highest BCUT2D eigenvalue weighted by Crippen LogP contribution is 2.27. The average molecular weight is 373 g/mol. The van der Waals surface area contributed by atoms with E-state index in [2.05, 4.69) is 26.9 Å². The van der Waals surface area contributed by atoms with Crippen LogP contribution >= 0.6 is 11.8 Å². The minimum absolute atomic E-state index is 0.511. The zero-order valence-electron chi connectivity index (χ0n) is 15.3. The summed E-state index contributed by atoms with van der Waals surface area (Å²) in [5.74, 6) is 1.59. The lowest BCUT2D eigenvalue weighted by Crippen LogP contribution is -2.34. The number of likely N-dealkylation sites (tertiary alicyclic amines) is 2. The van der Waals surface area contributed by atoms with E-state index in [4.69, 9.17) is 9.40 Å². The maximum atomic E-state index is 5.20. The third-order valence-electron chi connectivity index (χ3n) is 5.40. The number of furan rings is 1. The van der Waals surface area contributed by atoms with Crippen molar-refractivity contribution in [3.8, 4) is 0 Å². The van der Waals surface area contributed by atoms with Gasteiger partial charge in [-0.2, -0.15) is 0 Å². The molecule has 2 aliphatic rings. The Kier molecular flexibility index (Phi) is 6.25. The topological polar surface area (TPSA) is 45.4 Å². The minimum Gasteiger partial charge on any atom is -0.472 e. The first-order valence-corrected chi connectivity index (χ1v) is 10.8. The summed E-state index contributed by atoms with van der Waals surface area (Å²) in [5, 5.41) is 0.939. The Hall–Kier alpha value is -1.37. The molecule has 4 heterocycles. The predicted molar refractivity (Wildman–Crippen MR) is 104 cm³/mol. The van der Waals surface area contributed by atoms with Crippen LogP contribution in [0.2, 0.25) is 0 Å². The molecule has 0 spiro atoms. The van der Waals surface area contributed by atoms with Crippen molar-refractivity contribution >= 4 is 11.8 Å². The lowest BCUT2D eigenvalue weighted by molar-refractivity contribution is 0.197. The van der Waals surface area contributed by atoms with Crippen LogP contribution in [0.15, 0.2) is 40.4 Å². The first-order chi connectivity index (χ1) is 12.9. The van der Waals surface area contributed by atoms with Gasteiger partial charge in [0.15, 0.2) is 5.16 Å². The van der Waals surface area contributed by atoms with Crippen LogP contribution in [0.3, 0.4) is 0 Å². The highest BCUT2D eigenvalue weighted by molar-refractivity contribution is 7.99.